The number of guanidine groups is 1. The lowest BCUT2D eigenvalue weighted by atomic mass is 10.1. The molecule has 6 nitrogen and oxygen atoms in total. The molecule has 0 amide bonds. The highest BCUT2D eigenvalue weighted by Crippen LogP contribution is 2.19. The van der Waals surface area contributed by atoms with Gasteiger partial charge in [-0.25, -0.2) is 17.2 Å². The average Bonchev–Trinajstić information content (AvgIpc) is 3.07. The highest BCUT2D eigenvalue weighted by atomic mass is 127. The fourth-order valence-electron chi connectivity index (χ4n) is 3.26. The highest BCUT2D eigenvalue weighted by molar-refractivity contribution is 14.0. The van der Waals surface area contributed by atoms with E-state index >= 15 is 0 Å². The maximum atomic E-state index is 13.6. The Bertz CT molecular complexity index is 1180. The number of fused-ring (bicyclic) bond motifs is 1. The summed E-state index contributed by atoms with van der Waals surface area (Å²) < 4.78 is 50.2. The Morgan fingerprint density at radius 1 is 1.03 bits per heavy atom. The summed E-state index contributed by atoms with van der Waals surface area (Å²) in [6, 6.07) is 8.71. The molecule has 3 N–H and O–H groups in total. The highest BCUT2D eigenvalue weighted by Gasteiger charge is 2.11. The number of aromatic amines is 1. The Labute approximate surface area is 197 Å². The van der Waals surface area contributed by atoms with E-state index in [1.165, 1.54) is 30.3 Å². The zero-order valence-electron chi connectivity index (χ0n) is 17.2. The van der Waals surface area contributed by atoms with Crippen LogP contribution in [0.1, 0.15) is 16.7 Å². The summed E-state index contributed by atoms with van der Waals surface area (Å²) in [4.78, 5) is 7.21. The molecular formula is C21H25F2IN4O2S. The van der Waals surface area contributed by atoms with Crippen molar-refractivity contribution in [3.63, 3.8) is 0 Å². The molecule has 0 fully saturated rings. The minimum atomic E-state index is -3.24. The summed E-state index contributed by atoms with van der Waals surface area (Å²) in [6.45, 7) is 0.804. The van der Waals surface area contributed by atoms with Crippen molar-refractivity contribution in [2.75, 3.05) is 19.8 Å². The predicted octanol–water partition coefficient (Wildman–Crippen LogP) is 3.52. The number of benzene rings is 2. The van der Waals surface area contributed by atoms with Crippen LogP contribution in [0.4, 0.5) is 8.78 Å². The van der Waals surface area contributed by atoms with Crippen molar-refractivity contribution in [2.24, 2.45) is 4.99 Å². The molecule has 0 saturated heterocycles. The summed E-state index contributed by atoms with van der Waals surface area (Å²) in [5.41, 5.74) is 2.90. The lowest BCUT2D eigenvalue weighted by molar-refractivity contribution is 0.599. The van der Waals surface area contributed by atoms with E-state index in [0.717, 1.165) is 22.7 Å². The largest absolute Gasteiger partial charge is 0.361 e. The first kappa shape index (κ1) is 25.1. The summed E-state index contributed by atoms with van der Waals surface area (Å²) in [5, 5.41) is 7.22. The first-order valence-electron chi connectivity index (χ1n) is 9.40. The van der Waals surface area contributed by atoms with Crippen LogP contribution in [-0.4, -0.2) is 39.2 Å². The van der Waals surface area contributed by atoms with Crippen molar-refractivity contribution in [1.29, 1.82) is 0 Å². The number of sulfone groups is 1. The molecule has 1 heterocycles. The Morgan fingerprint density at radius 3 is 2.45 bits per heavy atom. The second-order valence-corrected chi connectivity index (χ2v) is 9.23. The van der Waals surface area contributed by atoms with Crippen molar-refractivity contribution >= 4 is 50.7 Å². The van der Waals surface area contributed by atoms with E-state index in [4.69, 9.17) is 0 Å². The molecule has 168 valence electrons. The van der Waals surface area contributed by atoms with Gasteiger partial charge in [-0.1, -0.05) is 6.07 Å². The summed E-state index contributed by atoms with van der Waals surface area (Å²) >= 11 is 0. The van der Waals surface area contributed by atoms with Crippen LogP contribution in [0.25, 0.3) is 10.9 Å². The fourth-order valence-corrected chi connectivity index (χ4v) is 4.11. The van der Waals surface area contributed by atoms with Crippen molar-refractivity contribution in [3.8, 4) is 0 Å². The van der Waals surface area contributed by atoms with E-state index in [9.17, 15) is 17.2 Å². The first-order valence-corrected chi connectivity index (χ1v) is 11.5. The van der Waals surface area contributed by atoms with Gasteiger partial charge in [-0.15, -0.1) is 24.0 Å². The SMILES string of the molecule is CN=C(NCCc1c[nH]c2cc(F)ccc12)NCc1cc(F)ccc1CS(C)(=O)=O.I. The van der Waals surface area contributed by atoms with Gasteiger partial charge in [-0.05, 0) is 53.4 Å². The molecule has 0 bridgehead atoms. The number of hydrogen-bond acceptors (Lipinski definition) is 3. The molecule has 0 atom stereocenters. The van der Waals surface area contributed by atoms with Crippen molar-refractivity contribution in [3.05, 3.63) is 70.9 Å². The molecule has 3 rings (SSSR count). The Kier molecular flexibility index (Phi) is 8.80. The van der Waals surface area contributed by atoms with Crippen molar-refractivity contribution in [2.45, 2.75) is 18.7 Å². The lowest BCUT2D eigenvalue weighted by Crippen LogP contribution is -2.38. The first-order chi connectivity index (χ1) is 14.2. The van der Waals surface area contributed by atoms with E-state index in [1.54, 1.807) is 13.1 Å². The van der Waals surface area contributed by atoms with Crippen molar-refractivity contribution < 1.29 is 17.2 Å². The van der Waals surface area contributed by atoms with Crippen LogP contribution >= 0.6 is 24.0 Å². The van der Waals surface area contributed by atoms with Gasteiger partial charge in [-0.2, -0.15) is 0 Å². The summed E-state index contributed by atoms with van der Waals surface area (Å²) in [6.07, 6.45) is 3.69. The van der Waals surface area contributed by atoms with Crippen LogP contribution in [0.3, 0.4) is 0 Å². The molecule has 0 aliphatic heterocycles. The van der Waals surface area contributed by atoms with Crippen LogP contribution in [0.15, 0.2) is 47.6 Å². The number of aromatic nitrogens is 1. The van der Waals surface area contributed by atoms with Crippen LogP contribution in [0.2, 0.25) is 0 Å². The molecular weight excluding hydrogens is 537 g/mol. The standard InChI is InChI=1S/C21H24F2N4O2S.HI/c1-24-21(25-8-7-14-11-26-20-10-18(23)5-6-19(14)20)27-12-16-9-17(22)4-3-15(16)13-30(2,28)29;/h3-6,9-11,26H,7-8,12-13H2,1-2H3,(H2,24,25,27);1H. The van der Waals surface area contributed by atoms with Crippen LogP contribution in [0.5, 0.6) is 0 Å². The molecule has 0 spiro atoms. The van der Waals surface area contributed by atoms with Gasteiger partial charge in [-0.3, -0.25) is 4.99 Å². The molecule has 10 heteroatoms. The van der Waals surface area contributed by atoms with Gasteiger partial charge in [0.2, 0.25) is 0 Å². The quantitative estimate of drug-likeness (QED) is 0.234. The smallest absolute Gasteiger partial charge is 0.191 e. The monoisotopic (exact) mass is 562 g/mol. The zero-order valence-corrected chi connectivity index (χ0v) is 20.4. The normalized spacial score (nSPS) is 11.9. The molecule has 0 saturated carbocycles. The second-order valence-electron chi connectivity index (χ2n) is 7.09. The Morgan fingerprint density at radius 2 is 1.74 bits per heavy atom. The number of rotatable bonds is 7. The van der Waals surface area contributed by atoms with Crippen LogP contribution in [-0.2, 0) is 28.6 Å². The van der Waals surface area contributed by atoms with E-state index in [-0.39, 0.29) is 42.1 Å². The average molecular weight is 562 g/mol. The van der Waals surface area contributed by atoms with Gasteiger partial charge in [0.15, 0.2) is 15.8 Å². The maximum Gasteiger partial charge on any atom is 0.191 e. The molecule has 2 aromatic carbocycles. The van der Waals surface area contributed by atoms with Crippen molar-refractivity contribution in [1.82, 2.24) is 15.6 Å². The lowest BCUT2D eigenvalue weighted by Gasteiger charge is -2.14. The van der Waals surface area contributed by atoms with Gasteiger partial charge < -0.3 is 15.6 Å². The molecule has 1 aromatic heterocycles. The maximum absolute atomic E-state index is 13.6. The number of H-pyrrole nitrogens is 1. The topological polar surface area (TPSA) is 86.3 Å². The van der Waals surface area contributed by atoms with Gasteiger partial charge in [0.25, 0.3) is 0 Å². The minimum Gasteiger partial charge on any atom is -0.361 e. The second kappa shape index (κ2) is 10.9. The zero-order chi connectivity index (χ0) is 21.7. The third-order valence-electron chi connectivity index (χ3n) is 4.67. The van der Waals surface area contributed by atoms with E-state index in [0.29, 0.717) is 30.1 Å². The Hall–Kier alpha value is -2.21. The van der Waals surface area contributed by atoms with E-state index in [1.807, 2.05) is 6.20 Å². The van der Waals surface area contributed by atoms with Crippen LogP contribution in [0, 0.1) is 11.6 Å². The molecule has 0 aliphatic rings. The molecule has 31 heavy (non-hydrogen) atoms. The number of nitrogens with zero attached hydrogens (tertiary/aromatic N) is 1. The third-order valence-corrected chi connectivity index (χ3v) is 5.51. The van der Waals surface area contributed by atoms with Crippen LogP contribution < -0.4 is 10.6 Å². The minimum absolute atomic E-state index is 0. The molecule has 0 unspecified atom stereocenters. The van der Waals surface area contributed by atoms with E-state index in [2.05, 4.69) is 20.6 Å². The van der Waals surface area contributed by atoms with Gasteiger partial charge in [0.1, 0.15) is 11.6 Å². The molecule has 0 radical (unpaired) electrons. The summed E-state index contributed by atoms with van der Waals surface area (Å²) in [5.74, 6) is -0.359. The molecule has 0 aliphatic carbocycles. The number of nitrogens with one attached hydrogen (secondary N) is 3. The van der Waals surface area contributed by atoms with Gasteiger partial charge in [0.05, 0.1) is 5.75 Å². The number of halogens is 3. The van der Waals surface area contributed by atoms with Gasteiger partial charge >= 0.3 is 0 Å². The third kappa shape index (κ3) is 7.17. The van der Waals surface area contributed by atoms with E-state index < -0.39 is 15.7 Å². The number of hydrogen-bond donors (Lipinski definition) is 3. The Balaban J connectivity index is 0.00000341. The fraction of sp³-hybridized carbons (Fsp3) is 0.286. The van der Waals surface area contributed by atoms with Gasteiger partial charge in [0, 0.05) is 43.5 Å². The molecule has 3 aromatic rings. The summed E-state index contributed by atoms with van der Waals surface area (Å²) in [7, 11) is -1.62. The number of aliphatic imine (C=N–C) groups is 1. The predicted molar refractivity (Wildman–Crippen MR) is 131 cm³/mol.